The van der Waals surface area contributed by atoms with E-state index in [9.17, 15) is 19.2 Å². The maximum atomic E-state index is 13.3. The Balaban J connectivity index is 2.22. The molecule has 10 nitrogen and oxygen atoms in total. The summed E-state index contributed by atoms with van der Waals surface area (Å²) in [7, 11) is 0. The summed E-state index contributed by atoms with van der Waals surface area (Å²) in [5, 5.41) is 0. The Bertz CT molecular complexity index is 1080. The Morgan fingerprint density at radius 3 is 1.49 bits per heavy atom. The van der Waals surface area contributed by atoms with Crippen LogP contribution in [-0.2, 0) is 51.3 Å². The fourth-order valence-corrected chi connectivity index (χ4v) is 4.84. The number of nitrogens with two attached hydrogens (primary N) is 2. The molecule has 2 amide bonds. The number of ether oxygens (including phenoxy) is 4. The highest BCUT2D eigenvalue weighted by atomic mass is 16.7. The van der Waals surface area contributed by atoms with Crippen LogP contribution in [-0.4, -0.2) is 42.8 Å². The molecular formula is C33H46N2O8. The predicted molar refractivity (Wildman–Crippen MR) is 161 cm³/mol. The third-order valence-corrected chi connectivity index (χ3v) is 7.22. The minimum Gasteiger partial charge on any atom is -0.465 e. The van der Waals surface area contributed by atoms with Crippen molar-refractivity contribution in [3.05, 3.63) is 71.8 Å². The zero-order valence-electron chi connectivity index (χ0n) is 25.4. The summed E-state index contributed by atoms with van der Waals surface area (Å²) in [5.74, 6) is -4.20. The van der Waals surface area contributed by atoms with Crippen molar-refractivity contribution in [2.75, 3.05) is 13.2 Å². The van der Waals surface area contributed by atoms with E-state index >= 15 is 0 Å². The number of primary amides is 2. The van der Waals surface area contributed by atoms with Crippen molar-refractivity contribution in [1.82, 2.24) is 0 Å². The number of amides is 2. The zero-order valence-corrected chi connectivity index (χ0v) is 25.4. The Kier molecular flexibility index (Phi) is 15.4. The fraction of sp³-hybridized carbons (Fsp3) is 0.515. The molecule has 236 valence electrons. The second-order valence-corrected chi connectivity index (χ2v) is 10.4. The summed E-state index contributed by atoms with van der Waals surface area (Å²) in [4.78, 5) is 50.5. The Labute approximate surface area is 254 Å². The third kappa shape index (κ3) is 11.4. The summed E-state index contributed by atoms with van der Waals surface area (Å²) < 4.78 is 22.9. The van der Waals surface area contributed by atoms with Gasteiger partial charge in [-0.1, -0.05) is 79.9 Å². The largest absolute Gasteiger partial charge is 0.465 e. The molecule has 0 saturated heterocycles. The van der Waals surface area contributed by atoms with Crippen LogP contribution in [0.3, 0.4) is 0 Å². The van der Waals surface area contributed by atoms with E-state index in [1.807, 2.05) is 60.7 Å². The number of unbranched alkanes of at least 4 members (excludes halogenated alkanes) is 3. The van der Waals surface area contributed by atoms with Gasteiger partial charge in [0, 0.05) is 12.8 Å². The molecule has 0 saturated carbocycles. The van der Waals surface area contributed by atoms with Crippen LogP contribution in [0.5, 0.6) is 0 Å². The van der Waals surface area contributed by atoms with Gasteiger partial charge in [-0.3, -0.25) is 19.2 Å². The molecule has 2 aromatic carbocycles. The highest BCUT2D eigenvalue weighted by molar-refractivity contribution is 6.00. The van der Waals surface area contributed by atoms with E-state index in [-0.39, 0.29) is 52.1 Å². The molecule has 0 aliphatic rings. The van der Waals surface area contributed by atoms with Crippen LogP contribution in [0.15, 0.2) is 60.7 Å². The minimum atomic E-state index is -1.74. The molecular weight excluding hydrogens is 552 g/mol. The predicted octanol–water partition coefficient (Wildman–Crippen LogP) is 4.71. The van der Waals surface area contributed by atoms with E-state index in [2.05, 4.69) is 0 Å². The number of carbonyl (C=O) groups is 4. The molecule has 43 heavy (non-hydrogen) atoms. The second-order valence-electron chi connectivity index (χ2n) is 10.4. The number of rotatable bonds is 22. The van der Waals surface area contributed by atoms with Crippen LogP contribution in [0.25, 0.3) is 0 Å². The van der Waals surface area contributed by atoms with E-state index in [1.165, 1.54) is 0 Å². The molecule has 0 aliphatic carbocycles. The molecule has 0 fully saturated rings. The van der Waals surface area contributed by atoms with Gasteiger partial charge < -0.3 is 30.4 Å². The van der Waals surface area contributed by atoms with Crippen molar-refractivity contribution >= 4 is 23.8 Å². The second kappa shape index (κ2) is 18.7. The average molecular weight is 599 g/mol. The zero-order chi connectivity index (χ0) is 31.6. The first kappa shape index (κ1) is 35.4. The maximum absolute atomic E-state index is 13.3. The van der Waals surface area contributed by atoms with Crippen molar-refractivity contribution in [1.29, 1.82) is 0 Å². The number of hydrogen-bond donors (Lipinski definition) is 2. The molecule has 0 bridgehead atoms. The smallest absolute Gasteiger partial charge is 0.323 e. The molecule has 0 atom stereocenters. The lowest BCUT2D eigenvalue weighted by Gasteiger charge is -2.32. The van der Waals surface area contributed by atoms with E-state index in [4.69, 9.17) is 30.4 Å². The lowest BCUT2D eigenvalue weighted by molar-refractivity contribution is -0.242. The van der Waals surface area contributed by atoms with Gasteiger partial charge in [-0.15, -0.1) is 0 Å². The van der Waals surface area contributed by atoms with Crippen LogP contribution in [0.4, 0.5) is 0 Å². The molecule has 0 heterocycles. The van der Waals surface area contributed by atoms with Crippen LogP contribution < -0.4 is 11.5 Å². The monoisotopic (exact) mass is 598 g/mol. The van der Waals surface area contributed by atoms with Gasteiger partial charge >= 0.3 is 11.9 Å². The molecule has 4 N–H and O–H groups in total. The van der Waals surface area contributed by atoms with E-state index in [1.54, 1.807) is 13.8 Å². The van der Waals surface area contributed by atoms with Gasteiger partial charge in [0.25, 0.3) is 5.91 Å². The van der Waals surface area contributed by atoms with Crippen LogP contribution in [0.2, 0.25) is 0 Å². The Hall–Kier alpha value is -3.76. The highest BCUT2D eigenvalue weighted by Gasteiger charge is 2.48. The van der Waals surface area contributed by atoms with Crippen molar-refractivity contribution in [2.24, 2.45) is 16.9 Å². The van der Waals surface area contributed by atoms with Crippen molar-refractivity contribution in [3.8, 4) is 0 Å². The van der Waals surface area contributed by atoms with E-state index in [0.29, 0.717) is 32.1 Å². The van der Waals surface area contributed by atoms with Gasteiger partial charge in [0.15, 0.2) is 5.41 Å². The normalized spacial score (nSPS) is 11.6. The first-order valence-corrected chi connectivity index (χ1v) is 15.0. The van der Waals surface area contributed by atoms with E-state index in [0.717, 1.165) is 11.1 Å². The van der Waals surface area contributed by atoms with Crippen molar-refractivity contribution in [3.63, 3.8) is 0 Å². The summed E-state index contributed by atoms with van der Waals surface area (Å²) in [6.07, 6.45) is 3.02. The molecule has 0 aromatic heterocycles. The number of esters is 2. The van der Waals surface area contributed by atoms with Gasteiger partial charge in [0.1, 0.15) is 0 Å². The van der Waals surface area contributed by atoms with Gasteiger partial charge in [-0.25, -0.2) is 0 Å². The first-order valence-electron chi connectivity index (χ1n) is 15.0. The Morgan fingerprint density at radius 2 is 1.07 bits per heavy atom. The molecule has 0 radical (unpaired) electrons. The van der Waals surface area contributed by atoms with Gasteiger partial charge in [-0.2, -0.15) is 0 Å². The topological polar surface area (TPSA) is 157 Å². The molecule has 2 aromatic rings. The third-order valence-electron chi connectivity index (χ3n) is 7.22. The molecule has 0 unspecified atom stereocenters. The molecule has 2 rings (SSSR count). The average Bonchev–Trinajstić information content (AvgIpc) is 3.00. The molecule has 0 spiro atoms. The summed E-state index contributed by atoms with van der Waals surface area (Å²) in [5.41, 5.74) is 11.3. The number of hydrogen-bond acceptors (Lipinski definition) is 8. The van der Waals surface area contributed by atoms with Crippen LogP contribution >= 0.6 is 0 Å². The van der Waals surface area contributed by atoms with Gasteiger partial charge in [-0.05, 0) is 50.7 Å². The lowest BCUT2D eigenvalue weighted by atomic mass is 9.77. The summed E-state index contributed by atoms with van der Waals surface area (Å²) >= 11 is 0. The summed E-state index contributed by atoms with van der Waals surface area (Å²) in [6.45, 7) is 3.76. The van der Waals surface area contributed by atoms with Crippen molar-refractivity contribution < 1.29 is 38.1 Å². The minimum absolute atomic E-state index is 0.0967. The fourth-order valence-electron chi connectivity index (χ4n) is 4.84. The van der Waals surface area contributed by atoms with Gasteiger partial charge in [0.05, 0.1) is 26.4 Å². The highest BCUT2D eigenvalue weighted by Crippen LogP contribution is 2.36. The number of benzene rings is 2. The number of carbonyl (C=O) groups excluding carboxylic acids is 4. The summed E-state index contributed by atoms with van der Waals surface area (Å²) in [6, 6.07) is 18.7. The van der Waals surface area contributed by atoms with Crippen LogP contribution in [0.1, 0.15) is 82.8 Å². The Morgan fingerprint density at radius 1 is 0.628 bits per heavy atom. The lowest BCUT2D eigenvalue weighted by Crippen LogP contribution is -2.48. The van der Waals surface area contributed by atoms with Crippen molar-refractivity contribution in [2.45, 2.75) is 90.6 Å². The molecule has 10 heteroatoms. The standard InChI is InChI=1S/C33H46N2O8/c1-3-40-30(38)32(31(39)41-4-2,21-13-7-12-20-28(34)36)22-14-15-23-33(29(35)37,42-24-26-16-8-5-9-17-26)43-25-27-18-10-6-11-19-27/h5-6,8-11,16-19H,3-4,7,12-15,20-25H2,1-2H3,(H2,34,36)(H2,35,37). The first-order chi connectivity index (χ1) is 20.7. The maximum Gasteiger partial charge on any atom is 0.323 e. The van der Waals surface area contributed by atoms with Gasteiger partial charge in [0.2, 0.25) is 11.7 Å². The van der Waals surface area contributed by atoms with E-state index < -0.39 is 35.0 Å². The SMILES string of the molecule is CCOC(=O)C(CCCCCC(N)=O)(CCCCC(OCc1ccccc1)(OCc1ccccc1)C(N)=O)C(=O)OCC. The molecule has 0 aliphatic heterocycles. The van der Waals surface area contributed by atoms with Crippen LogP contribution in [0, 0.1) is 5.41 Å². The quantitative estimate of drug-likeness (QED) is 0.0854.